The molecule has 88 valence electrons. The van der Waals surface area contributed by atoms with Gasteiger partial charge in [0.15, 0.2) is 0 Å². The van der Waals surface area contributed by atoms with E-state index in [-0.39, 0.29) is 5.97 Å². The Labute approximate surface area is 101 Å². The van der Waals surface area contributed by atoms with E-state index in [1.807, 2.05) is 30.0 Å². The van der Waals surface area contributed by atoms with Crippen molar-refractivity contribution in [1.29, 1.82) is 0 Å². The zero-order valence-corrected chi connectivity index (χ0v) is 10.5. The number of thioether (sulfide) groups is 1. The summed E-state index contributed by atoms with van der Waals surface area (Å²) in [6, 6.07) is 7.36. The van der Waals surface area contributed by atoms with E-state index in [2.05, 4.69) is 16.3 Å². The largest absolute Gasteiger partial charge is 0.465 e. The molecule has 0 radical (unpaired) electrons. The number of hydrogen-bond acceptors (Lipinski definition) is 4. The van der Waals surface area contributed by atoms with Crippen molar-refractivity contribution in [1.82, 2.24) is 0 Å². The Morgan fingerprint density at radius 1 is 1.50 bits per heavy atom. The average molecular weight is 239 g/mol. The summed E-state index contributed by atoms with van der Waals surface area (Å²) in [5.74, 6) is 0.844. The van der Waals surface area contributed by atoms with E-state index in [1.165, 1.54) is 7.11 Å². The normalized spacial score (nSPS) is 9.88. The number of nitrogens with one attached hydrogen (secondary N) is 1. The lowest BCUT2D eigenvalue weighted by Gasteiger charge is -2.07. The molecule has 0 unspecified atom stereocenters. The molecule has 16 heavy (non-hydrogen) atoms. The molecule has 0 heterocycles. The molecular formula is C12H17NO2S. The number of hydrogen-bond donors (Lipinski definition) is 1. The Kier molecular flexibility index (Phi) is 5.78. The monoisotopic (exact) mass is 239 g/mol. The van der Waals surface area contributed by atoms with Gasteiger partial charge in [-0.3, -0.25) is 0 Å². The van der Waals surface area contributed by atoms with Crippen LogP contribution in [0, 0.1) is 0 Å². The van der Waals surface area contributed by atoms with Gasteiger partial charge in [0.05, 0.1) is 12.7 Å². The molecule has 0 spiro atoms. The third-order valence-electron chi connectivity index (χ3n) is 2.14. The van der Waals surface area contributed by atoms with Crippen molar-refractivity contribution in [2.45, 2.75) is 6.42 Å². The van der Waals surface area contributed by atoms with Crippen LogP contribution in [-0.4, -0.2) is 31.6 Å². The zero-order valence-electron chi connectivity index (χ0n) is 9.66. The van der Waals surface area contributed by atoms with E-state index in [0.717, 1.165) is 24.4 Å². The first-order valence-corrected chi connectivity index (χ1v) is 6.58. The van der Waals surface area contributed by atoms with Gasteiger partial charge in [0.1, 0.15) is 0 Å². The molecule has 0 aliphatic carbocycles. The van der Waals surface area contributed by atoms with Crippen molar-refractivity contribution in [2.24, 2.45) is 0 Å². The molecule has 0 atom stereocenters. The second kappa shape index (κ2) is 7.17. The van der Waals surface area contributed by atoms with Crippen LogP contribution in [0.3, 0.4) is 0 Å². The SMILES string of the molecule is COC(=O)c1cccc(NCCCSC)c1. The second-order valence-electron chi connectivity index (χ2n) is 3.35. The molecule has 1 aromatic rings. The van der Waals surface area contributed by atoms with Crippen LogP contribution in [0.25, 0.3) is 0 Å². The fourth-order valence-electron chi connectivity index (χ4n) is 1.32. The summed E-state index contributed by atoms with van der Waals surface area (Å²) in [4.78, 5) is 11.3. The van der Waals surface area contributed by atoms with E-state index >= 15 is 0 Å². The molecule has 1 aromatic carbocycles. The predicted octanol–water partition coefficient (Wildman–Crippen LogP) is 2.64. The second-order valence-corrected chi connectivity index (χ2v) is 4.33. The van der Waals surface area contributed by atoms with Crippen molar-refractivity contribution in [2.75, 3.05) is 31.0 Å². The van der Waals surface area contributed by atoms with Gasteiger partial charge < -0.3 is 10.1 Å². The van der Waals surface area contributed by atoms with Gasteiger partial charge in [-0.05, 0) is 36.6 Å². The van der Waals surface area contributed by atoms with Crippen LogP contribution >= 0.6 is 11.8 Å². The summed E-state index contributed by atoms with van der Waals surface area (Å²) in [5.41, 5.74) is 1.54. The summed E-state index contributed by atoms with van der Waals surface area (Å²) in [7, 11) is 1.39. The molecular weight excluding hydrogens is 222 g/mol. The quantitative estimate of drug-likeness (QED) is 0.612. The van der Waals surface area contributed by atoms with Crippen molar-refractivity contribution in [3.8, 4) is 0 Å². The molecule has 0 saturated carbocycles. The zero-order chi connectivity index (χ0) is 11.8. The summed E-state index contributed by atoms with van der Waals surface area (Å²) in [5, 5.41) is 3.28. The van der Waals surface area contributed by atoms with Crippen molar-refractivity contribution < 1.29 is 9.53 Å². The smallest absolute Gasteiger partial charge is 0.337 e. The van der Waals surface area contributed by atoms with Gasteiger partial charge >= 0.3 is 5.97 Å². The van der Waals surface area contributed by atoms with Gasteiger partial charge in [-0.15, -0.1) is 0 Å². The topological polar surface area (TPSA) is 38.3 Å². The molecule has 0 aliphatic rings. The standard InChI is InChI=1S/C12H17NO2S/c1-15-12(14)10-5-3-6-11(9-10)13-7-4-8-16-2/h3,5-6,9,13H,4,7-8H2,1-2H3. The minimum atomic E-state index is -0.298. The molecule has 0 fully saturated rings. The van der Waals surface area contributed by atoms with Gasteiger partial charge in [-0.25, -0.2) is 4.79 Å². The first kappa shape index (κ1) is 12.9. The molecule has 1 rings (SSSR count). The third-order valence-corrected chi connectivity index (χ3v) is 2.83. The van der Waals surface area contributed by atoms with Crippen molar-refractivity contribution in [3.05, 3.63) is 29.8 Å². The van der Waals surface area contributed by atoms with Crippen LogP contribution in [0.2, 0.25) is 0 Å². The number of benzene rings is 1. The van der Waals surface area contributed by atoms with E-state index in [1.54, 1.807) is 6.07 Å². The molecule has 3 nitrogen and oxygen atoms in total. The highest BCUT2D eigenvalue weighted by atomic mass is 32.2. The van der Waals surface area contributed by atoms with Gasteiger partial charge in [0, 0.05) is 12.2 Å². The van der Waals surface area contributed by atoms with Crippen LogP contribution in [-0.2, 0) is 4.74 Å². The van der Waals surface area contributed by atoms with Crippen LogP contribution in [0.15, 0.2) is 24.3 Å². The maximum atomic E-state index is 11.3. The van der Waals surface area contributed by atoms with E-state index < -0.39 is 0 Å². The average Bonchev–Trinajstić information content (AvgIpc) is 2.34. The number of carbonyl (C=O) groups excluding carboxylic acids is 1. The number of rotatable bonds is 6. The van der Waals surface area contributed by atoms with Gasteiger partial charge in [0.2, 0.25) is 0 Å². The van der Waals surface area contributed by atoms with E-state index in [9.17, 15) is 4.79 Å². The van der Waals surface area contributed by atoms with Crippen LogP contribution < -0.4 is 5.32 Å². The number of methoxy groups -OCH3 is 1. The Balaban J connectivity index is 2.50. The number of ether oxygens (including phenoxy) is 1. The van der Waals surface area contributed by atoms with E-state index in [0.29, 0.717) is 5.56 Å². The summed E-state index contributed by atoms with van der Waals surface area (Å²) >= 11 is 1.83. The minimum Gasteiger partial charge on any atom is -0.465 e. The predicted molar refractivity (Wildman–Crippen MR) is 69.3 cm³/mol. The third kappa shape index (κ3) is 4.14. The van der Waals surface area contributed by atoms with Crippen LogP contribution in [0.1, 0.15) is 16.8 Å². The van der Waals surface area contributed by atoms with Gasteiger partial charge in [-0.2, -0.15) is 11.8 Å². The summed E-state index contributed by atoms with van der Waals surface area (Å²) in [6.45, 7) is 0.922. The number of carbonyl (C=O) groups is 1. The lowest BCUT2D eigenvalue weighted by atomic mass is 10.2. The lowest BCUT2D eigenvalue weighted by molar-refractivity contribution is 0.0601. The molecule has 0 amide bonds. The molecule has 0 aromatic heterocycles. The highest BCUT2D eigenvalue weighted by Crippen LogP contribution is 2.11. The van der Waals surface area contributed by atoms with Crippen LogP contribution in [0.5, 0.6) is 0 Å². The highest BCUT2D eigenvalue weighted by molar-refractivity contribution is 7.98. The Bertz CT molecular complexity index is 342. The van der Waals surface area contributed by atoms with E-state index in [4.69, 9.17) is 0 Å². The fraction of sp³-hybridized carbons (Fsp3) is 0.417. The van der Waals surface area contributed by atoms with Gasteiger partial charge in [0.25, 0.3) is 0 Å². The maximum Gasteiger partial charge on any atom is 0.337 e. The van der Waals surface area contributed by atoms with Crippen molar-refractivity contribution >= 4 is 23.4 Å². The molecule has 0 aliphatic heterocycles. The Morgan fingerprint density at radius 2 is 2.31 bits per heavy atom. The minimum absolute atomic E-state index is 0.298. The molecule has 0 bridgehead atoms. The Hall–Kier alpha value is -1.16. The summed E-state index contributed by atoms with van der Waals surface area (Å²) in [6.07, 6.45) is 3.21. The number of esters is 1. The first-order chi connectivity index (χ1) is 7.77. The highest BCUT2D eigenvalue weighted by Gasteiger charge is 2.04. The fourth-order valence-corrected chi connectivity index (χ4v) is 1.76. The maximum absolute atomic E-state index is 11.3. The lowest BCUT2D eigenvalue weighted by Crippen LogP contribution is -2.05. The summed E-state index contributed by atoms with van der Waals surface area (Å²) < 4.78 is 4.66. The Morgan fingerprint density at radius 3 is 3.00 bits per heavy atom. The molecule has 0 saturated heterocycles. The number of anilines is 1. The molecule has 4 heteroatoms. The molecule has 1 N–H and O–H groups in total. The van der Waals surface area contributed by atoms with Gasteiger partial charge in [-0.1, -0.05) is 6.07 Å². The van der Waals surface area contributed by atoms with Crippen LogP contribution in [0.4, 0.5) is 5.69 Å². The first-order valence-electron chi connectivity index (χ1n) is 5.19. The van der Waals surface area contributed by atoms with Crippen molar-refractivity contribution in [3.63, 3.8) is 0 Å².